The topological polar surface area (TPSA) is 124 Å². The van der Waals surface area contributed by atoms with E-state index in [1.807, 2.05) is 6.07 Å². The van der Waals surface area contributed by atoms with E-state index >= 15 is 0 Å². The lowest BCUT2D eigenvalue weighted by Crippen LogP contribution is -2.23. The minimum atomic E-state index is -0.577. The second kappa shape index (κ2) is 10.5. The van der Waals surface area contributed by atoms with Gasteiger partial charge in [-0.25, -0.2) is 4.79 Å². The summed E-state index contributed by atoms with van der Waals surface area (Å²) in [5, 5.41) is 12.0. The van der Waals surface area contributed by atoms with Gasteiger partial charge in [0.2, 0.25) is 5.76 Å². The number of amides is 1. The Morgan fingerprint density at radius 3 is 2.66 bits per heavy atom. The molecule has 9 nitrogen and oxygen atoms in total. The molecule has 3 aromatic rings. The van der Waals surface area contributed by atoms with Crippen LogP contribution in [0.15, 0.2) is 63.1 Å². The van der Waals surface area contributed by atoms with Gasteiger partial charge < -0.3 is 28.4 Å². The van der Waals surface area contributed by atoms with Gasteiger partial charge in [-0.05, 0) is 48.0 Å². The van der Waals surface area contributed by atoms with Gasteiger partial charge in [-0.1, -0.05) is 6.07 Å². The molecule has 0 bridgehead atoms. The fraction of sp³-hybridized carbons (Fsp3) is 0.174. The quantitative estimate of drug-likeness (QED) is 0.307. The maximum atomic E-state index is 12.3. The van der Waals surface area contributed by atoms with E-state index in [0.29, 0.717) is 28.6 Å². The highest BCUT2D eigenvalue weighted by molar-refractivity contribution is 6.01. The summed E-state index contributed by atoms with van der Waals surface area (Å²) in [6.45, 7) is 0.229. The van der Waals surface area contributed by atoms with Gasteiger partial charge in [0, 0.05) is 0 Å². The molecule has 2 heterocycles. The van der Waals surface area contributed by atoms with Crippen molar-refractivity contribution in [2.45, 2.75) is 13.2 Å². The van der Waals surface area contributed by atoms with Crippen LogP contribution in [0.3, 0.4) is 0 Å². The number of ether oxygens (including phenoxy) is 3. The van der Waals surface area contributed by atoms with Crippen LogP contribution >= 0.6 is 0 Å². The molecule has 0 aliphatic carbocycles. The van der Waals surface area contributed by atoms with Crippen molar-refractivity contribution in [3.63, 3.8) is 0 Å². The van der Waals surface area contributed by atoms with Crippen molar-refractivity contribution in [2.75, 3.05) is 14.2 Å². The number of carbonyl (C=O) groups excluding carboxylic acids is 2. The average Bonchev–Trinajstić information content (AvgIpc) is 3.51. The number of furan rings is 2. The highest BCUT2D eigenvalue weighted by atomic mass is 16.5. The molecule has 164 valence electrons. The molecular formula is C23H20N2O7. The standard InChI is InChI=1S/C23H20N2O7/c1-28-21-11-15(10-16(12-24)22(26)25-13-17-4-3-9-30-17)5-7-19(21)31-14-18-6-8-20(32-18)23(27)29-2/h3-11H,13-14H2,1-2H3,(H,25,26)/b16-10+. The van der Waals surface area contributed by atoms with E-state index in [-0.39, 0.29) is 24.5 Å². The molecule has 9 heteroatoms. The highest BCUT2D eigenvalue weighted by Crippen LogP contribution is 2.30. The zero-order chi connectivity index (χ0) is 22.9. The number of nitrogens with one attached hydrogen (secondary N) is 1. The van der Waals surface area contributed by atoms with E-state index in [0.717, 1.165) is 0 Å². The van der Waals surface area contributed by atoms with Crippen molar-refractivity contribution in [1.82, 2.24) is 5.32 Å². The summed E-state index contributed by atoms with van der Waals surface area (Å²) in [7, 11) is 2.74. The third-order valence-electron chi connectivity index (χ3n) is 4.29. The molecule has 0 aliphatic rings. The van der Waals surface area contributed by atoms with Crippen molar-refractivity contribution >= 4 is 18.0 Å². The SMILES string of the molecule is COC(=O)c1ccc(COc2ccc(/C=C(\C#N)C(=O)NCc3ccco3)cc2OC)o1. The van der Waals surface area contributed by atoms with Crippen LogP contribution in [0.1, 0.15) is 27.6 Å². The summed E-state index contributed by atoms with van der Waals surface area (Å²) in [6.07, 6.45) is 2.95. The zero-order valence-electron chi connectivity index (χ0n) is 17.4. The maximum absolute atomic E-state index is 12.3. The first kappa shape index (κ1) is 22.2. The molecule has 2 aromatic heterocycles. The predicted octanol–water partition coefficient (Wildman–Crippen LogP) is 3.47. The van der Waals surface area contributed by atoms with Crippen LogP contribution in [0.25, 0.3) is 6.08 Å². The third-order valence-corrected chi connectivity index (χ3v) is 4.29. The molecule has 0 atom stereocenters. The number of hydrogen-bond acceptors (Lipinski definition) is 8. The van der Waals surface area contributed by atoms with Crippen molar-refractivity contribution in [2.24, 2.45) is 0 Å². The Morgan fingerprint density at radius 2 is 1.97 bits per heavy atom. The first-order chi connectivity index (χ1) is 15.5. The highest BCUT2D eigenvalue weighted by Gasteiger charge is 2.14. The van der Waals surface area contributed by atoms with Crippen molar-refractivity contribution in [3.8, 4) is 17.6 Å². The summed E-state index contributed by atoms with van der Waals surface area (Å²) in [6, 6.07) is 13.4. The Morgan fingerprint density at radius 1 is 1.12 bits per heavy atom. The number of benzene rings is 1. The molecule has 0 radical (unpaired) electrons. The van der Waals surface area contributed by atoms with E-state index in [1.165, 1.54) is 32.6 Å². The molecule has 0 spiro atoms. The number of rotatable bonds is 9. The van der Waals surface area contributed by atoms with Crippen molar-refractivity contribution in [3.05, 3.63) is 77.1 Å². The molecule has 0 saturated carbocycles. The Kier molecular flexibility index (Phi) is 7.33. The predicted molar refractivity (Wildman–Crippen MR) is 112 cm³/mol. The van der Waals surface area contributed by atoms with Crippen LogP contribution < -0.4 is 14.8 Å². The fourth-order valence-electron chi connectivity index (χ4n) is 2.70. The van der Waals surface area contributed by atoms with Gasteiger partial charge in [0.15, 0.2) is 11.5 Å². The van der Waals surface area contributed by atoms with Gasteiger partial charge >= 0.3 is 5.97 Å². The van der Waals surface area contributed by atoms with E-state index in [1.54, 1.807) is 36.4 Å². The van der Waals surface area contributed by atoms with Crippen LogP contribution in [0.5, 0.6) is 11.5 Å². The number of carbonyl (C=O) groups is 2. The van der Waals surface area contributed by atoms with Gasteiger partial charge in [-0.15, -0.1) is 0 Å². The van der Waals surface area contributed by atoms with Gasteiger partial charge in [-0.2, -0.15) is 5.26 Å². The van der Waals surface area contributed by atoms with Gasteiger partial charge in [0.25, 0.3) is 5.91 Å². The number of methoxy groups -OCH3 is 2. The number of hydrogen-bond donors (Lipinski definition) is 1. The summed E-state index contributed by atoms with van der Waals surface area (Å²) >= 11 is 0. The largest absolute Gasteiger partial charge is 0.493 e. The molecule has 1 N–H and O–H groups in total. The van der Waals surface area contributed by atoms with Crippen LogP contribution in [-0.4, -0.2) is 26.1 Å². The van der Waals surface area contributed by atoms with Crippen molar-refractivity contribution < 1.29 is 32.6 Å². The first-order valence-corrected chi connectivity index (χ1v) is 9.44. The molecule has 1 aromatic carbocycles. The lowest BCUT2D eigenvalue weighted by molar-refractivity contribution is -0.117. The number of esters is 1. The Balaban J connectivity index is 1.68. The fourth-order valence-corrected chi connectivity index (χ4v) is 2.70. The summed E-state index contributed by atoms with van der Waals surface area (Å²) in [4.78, 5) is 23.7. The number of nitriles is 1. The van der Waals surface area contributed by atoms with Crippen molar-refractivity contribution in [1.29, 1.82) is 5.26 Å². The van der Waals surface area contributed by atoms with E-state index < -0.39 is 11.9 Å². The van der Waals surface area contributed by atoms with E-state index in [9.17, 15) is 14.9 Å². The van der Waals surface area contributed by atoms with Gasteiger partial charge in [0.1, 0.15) is 29.8 Å². The molecule has 32 heavy (non-hydrogen) atoms. The summed E-state index contributed by atoms with van der Waals surface area (Å²) < 4.78 is 26.2. The average molecular weight is 436 g/mol. The molecule has 0 saturated heterocycles. The molecule has 0 fully saturated rings. The molecule has 1 amide bonds. The third kappa shape index (κ3) is 5.58. The van der Waals surface area contributed by atoms with Crippen LogP contribution in [0, 0.1) is 11.3 Å². The summed E-state index contributed by atoms with van der Waals surface area (Å²) in [5.74, 6) is 0.792. The van der Waals surface area contributed by atoms with Crippen LogP contribution in [-0.2, 0) is 22.7 Å². The minimum absolute atomic E-state index is 0.0567. The number of nitrogens with zero attached hydrogens (tertiary/aromatic N) is 1. The normalized spacial score (nSPS) is 10.8. The second-order valence-electron chi connectivity index (χ2n) is 6.39. The van der Waals surface area contributed by atoms with E-state index in [2.05, 4.69) is 10.1 Å². The summed E-state index contributed by atoms with van der Waals surface area (Å²) in [5.41, 5.74) is 0.503. The molecule has 0 unspecified atom stereocenters. The smallest absolute Gasteiger partial charge is 0.373 e. The lowest BCUT2D eigenvalue weighted by Gasteiger charge is -2.10. The molecule has 3 rings (SSSR count). The van der Waals surface area contributed by atoms with Gasteiger partial charge in [-0.3, -0.25) is 4.79 Å². The first-order valence-electron chi connectivity index (χ1n) is 9.44. The molecule has 0 aliphatic heterocycles. The monoisotopic (exact) mass is 436 g/mol. The Hall–Kier alpha value is -4.45. The Labute approximate surface area is 183 Å². The van der Waals surface area contributed by atoms with Gasteiger partial charge in [0.05, 0.1) is 27.0 Å². The Bertz CT molecular complexity index is 1150. The minimum Gasteiger partial charge on any atom is -0.493 e. The second-order valence-corrected chi connectivity index (χ2v) is 6.39. The zero-order valence-corrected chi connectivity index (χ0v) is 17.4. The molecular weight excluding hydrogens is 416 g/mol. The lowest BCUT2D eigenvalue weighted by atomic mass is 10.1. The van der Waals surface area contributed by atoms with Crippen LogP contribution in [0.4, 0.5) is 0 Å². The maximum Gasteiger partial charge on any atom is 0.373 e. The van der Waals surface area contributed by atoms with Crippen LogP contribution in [0.2, 0.25) is 0 Å². The van der Waals surface area contributed by atoms with E-state index in [4.69, 9.17) is 18.3 Å².